The molecule has 0 unspecified atom stereocenters. The summed E-state index contributed by atoms with van der Waals surface area (Å²) in [6.07, 6.45) is 0. The predicted octanol–water partition coefficient (Wildman–Crippen LogP) is 4.00. The Morgan fingerprint density at radius 1 is 1.07 bits per heavy atom. The van der Waals surface area contributed by atoms with Gasteiger partial charge >= 0.3 is 0 Å². The summed E-state index contributed by atoms with van der Waals surface area (Å²) in [5.74, 6) is 1.26. The van der Waals surface area contributed by atoms with E-state index in [1.54, 1.807) is 4.90 Å². The van der Waals surface area contributed by atoms with Gasteiger partial charge in [-0.25, -0.2) is 0 Å². The van der Waals surface area contributed by atoms with Gasteiger partial charge in [0.1, 0.15) is 5.75 Å². The van der Waals surface area contributed by atoms with Crippen molar-refractivity contribution in [3.8, 4) is 16.5 Å². The van der Waals surface area contributed by atoms with Gasteiger partial charge in [-0.2, -0.15) is 0 Å². The smallest absolute Gasteiger partial charge is 0.257 e. The number of morpholine rings is 1. The molecular weight excluding hydrogens is 402 g/mol. The standard InChI is InChI=1S/C22H19N3O4S/c26-22(25-7-9-27-10-8-25)17-12-15-4-1-2-5-16(15)13-18(17)28-14-20-23-24-21(29-20)19-6-3-11-30-19/h1-6,11-13H,7-10,14H2. The largest absolute Gasteiger partial charge is 0.483 e. The highest BCUT2D eigenvalue weighted by Gasteiger charge is 2.23. The van der Waals surface area contributed by atoms with Crippen LogP contribution in [0.4, 0.5) is 0 Å². The second-order valence-corrected chi connectivity index (χ2v) is 7.81. The second kappa shape index (κ2) is 8.25. The van der Waals surface area contributed by atoms with Gasteiger partial charge in [0.05, 0.1) is 23.7 Å². The van der Waals surface area contributed by atoms with Crippen LogP contribution in [-0.2, 0) is 11.3 Å². The van der Waals surface area contributed by atoms with Crippen LogP contribution in [0.25, 0.3) is 21.5 Å². The van der Waals surface area contributed by atoms with E-state index in [0.717, 1.165) is 15.6 Å². The predicted molar refractivity (Wildman–Crippen MR) is 113 cm³/mol. The van der Waals surface area contributed by atoms with Crippen LogP contribution < -0.4 is 4.74 Å². The maximum atomic E-state index is 13.2. The fourth-order valence-corrected chi connectivity index (χ4v) is 4.04. The molecule has 2 aromatic heterocycles. The van der Waals surface area contributed by atoms with Gasteiger partial charge in [0.25, 0.3) is 17.7 Å². The molecule has 0 radical (unpaired) electrons. The SMILES string of the molecule is O=C(c1cc2ccccc2cc1OCc1nnc(-c2cccs2)o1)N1CCOCC1. The maximum Gasteiger partial charge on any atom is 0.257 e. The number of hydrogen-bond acceptors (Lipinski definition) is 7. The Kier molecular flexibility index (Phi) is 5.17. The molecule has 1 aliphatic rings. The zero-order valence-electron chi connectivity index (χ0n) is 16.1. The third kappa shape index (κ3) is 3.79. The number of fused-ring (bicyclic) bond motifs is 1. The lowest BCUT2D eigenvalue weighted by Crippen LogP contribution is -2.40. The van der Waals surface area contributed by atoms with Crippen molar-refractivity contribution in [2.75, 3.05) is 26.3 Å². The Bertz CT molecular complexity index is 1170. The number of hydrogen-bond donors (Lipinski definition) is 0. The molecule has 5 rings (SSSR count). The molecule has 1 amide bonds. The number of aromatic nitrogens is 2. The van der Waals surface area contributed by atoms with E-state index >= 15 is 0 Å². The molecule has 0 saturated carbocycles. The van der Waals surface area contributed by atoms with E-state index in [0.29, 0.717) is 49.4 Å². The van der Waals surface area contributed by atoms with Crippen LogP contribution in [-0.4, -0.2) is 47.3 Å². The summed E-state index contributed by atoms with van der Waals surface area (Å²) in [4.78, 5) is 15.9. The fourth-order valence-electron chi connectivity index (χ4n) is 3.39. The number of thiophene rings is 1. The molecule has 1 fully saturated rings. The molecule has 0 bridgehead atoms. The molecule has 152 valence electrons. The Hall–Kier alpha value is -3.23. The molecule has 4 aromatic rings. The van der Waals surface area contributed by atoms with Crippen LogP contribution >= 0.6 is 11.3 Å². The van der Waals surface area contributed by atoms with Gasteiger partial charge < -0.3 is 18.8 Å². The molecule has 0 spiro atoms. The van der Waals surface area contributed by atoms with Gasteiger partial charge in [-0.05, 0) is 34.4 Å². The first-order chi connectivity index (χ1) is 14.8. The first-order valence-corrected chi connectivity index (χ1v) is 10.5. The van der Waals surface area contributed by atoms with Crippen LogP contribution in [0.5, 0.6) is 5.75 Å². The topological polar surface area (TPSA) is 77.7 Å². The summed E-state index contributed by atoms with van der Waals surface area (Å²) in [6.45, 7) is 2.31. The van der Waals surface area contributed by atoms with Crippen molar-refractivity contribution in [1.82, 2.24) is 15.1 Å². The second-order valence-electron chi connectivity index (χ2n) is 6.87. The highest BCUT2D eigenvalue weighted by Crippen LogP contribution is 2.29. The number of nitrogens with zero attached hydrogens (tertiary/aromatic N) is 3. The van der Waals surface area contributed by atoms with Crippen molar-refractivity contribution in [1.29, 1.82) is 0 Å². The third-order valence-electron chi connectivity index (χ3n) is 4.93. The summed E-state index contributed by atoms with van der Waals surface area (Å²) in [5, 5.41) is 12.1. The van der Waals surface area contributed by atoms with Crippen molar-refractivity contribution in [2.24, 2.45) is 0 Å². The molecule has 30 heavy (non-hydrogen) atoms. The number of carbonyl (C=O) groups is 1. The number of rotatable bonds is 5. The average Bonchev–Trinajstić information content (AvgIpc) is 3.49. The quantitative estimate of drug-likeness (QED) is 0.485. The molecule has 1 saturated heterocycles. The summed E-state index contributed by atoms with van der Waals surface area (Å²) in [5.41, 5.74) is 0.522. The van der Waals surface area contributed by atoms with Gasteiger partial charge in [-0.1, -0.05) is 30.3 Å². The lowest BCUT2D eigenvalue weighted by atomic mass is 10.0. The van der Waals surface area contributed by atoms with E-state index in [9.17, 15) is 4.79 Å². The van der Waals surface area contributed by atoms with Crippen molar-refractivity contribution in [3.63, 3.8) is 0 Å². The number of amides is 1. The first-order valence-electron chi connectivity index (χ1n) is 9.67. The minimum atomic E-state index is -0.0659. The van der Waals surface area contributed by atoms with Gasteiger partial charge in [0.2, 0.25) is 0 Å². The molecule has 8 heteroatoms. The summed E-state index contributed by atoms with van der Waals surface area (Å²) < 4.78 is 17.1. The highest BCUT2D eigenvalue weighted by atomic mass is 32.1. The van der Waals surface area contributed by atoms with E-state index in [1.807, 2.05) is 53.9 Å². The molecule has 3 heterocycles. The number of benzene rings is 2. The van der Waals surface area contributed by atoms with Crippen LogP contribution in [0.3, 0.4) is 0 Å². The van der Waals surface area contributed by atoms with Crippen LogP contribution in [0.2, 0.25) is 0 Å². The number of ether oxygens (including phenoxy) is 2. The van der Waals surface area contributed by atoms with E-state index in [-0.39, 0.29) is 12.5 Å². The van der Waals surface area contributed by atoms with E-state index < -0.39 is 0 Å². The molecule has 1 aliphatic heterocycles. The zero-order valence-corrected chi connectivity index (χ0v) is 16.9. The molecule has 7 nitrogen and oxygen atoms in total. The maximum absolute atomic E-state index is 13.2. The molecular formula is C22H19N3O4S. The van der Waals surface area contributed by atoms with Crippen LogP contribution in [0, 0.1) is 0 Å². The van der Waals surface area contributed by atoms with Crippen molar-refractivity contribution < 1.29 is 18.7 Å². The van der Waals surface area contributed by atoms with Crippen molar-refractivity contribution in [3.05, 3.63) is 65.4 Å². The van der Waals surface area contributed by atoms with E-state index in [2.05, 4.69) is 10.2 Å². The minimum absolute atomic E-state index is 0.0659. The monoisotopic (exact) mass is 421 g/mol. The molecule has 0 N–H and O–H groups in total. The van der Waals surface area contributed by atoms with Gasteiger partial charge in [0, 0.05) is 13.1 Å². The summed E-state index contributed by atoms with van der Waals surface area (Å²) in [7, 11) is 0. The van der Waals surface area contributed by atoms with E-state index in [1.165, 1.54) is 11.3 Å². The van der Waals surface area contributed by atoms with Crippen LogP contribution in [0.15, 0.2) is 58.3 Å². The Morgan fingerprint density at radius 3 is 2.63 bits per heavy atom. The Balaban J connectivity index is 1.42. The summed E-state index contributed by atoms with van der Waals surface area (Å²) >= 11 is 1.53. The van der Waals surface area contributed by atoms with Crippen molar-refractivity contribution >= 4 is 28.0 Å². The normalized spacial score (nSPS) is 14.2. The average molecular weight is 421 g/mol. The Labute approximate surface area is 176 Å². The van der Waals surface area contributed by atoms with Crippen molar-refractivity contribution in [2.45, 2.75) is 6.61 Å². The lowest BCUT2D eigenvalue weighted by molar-refractivity contribution is 0.0300. The van der Waals surface area contributed by atoms with Gasteiger partial charge in [0.15, 0.2) is 6.61 Å². The molecule has 0 aliphatic carbocycles. The minimum Gasteiger partial charge on any atom is -0.483 e. The fraction of sp³-hybridized carbons (Fsp3) is 0.227. The first kappa shape index (κ1) is 18.8. The van der Waals surface area contributed by atoms with E-state index in [4.69, 9.17) is 13.9 Å². The zero-order chi connectivity index (χ0) is 20.3. The summed E-state index contributed by atoms with van der Waals surface area (Å²) in [6, 6.07) is 15.5. The Morgan fingerprint density at radius 2 is 1.87 bits per heavy atom. The highest BCUT2D eigenvalue weighted by molar-refractivity contribution is 7.13. The molecule has 0 atom stereocenters. The molecule has 2 aromatic carbocycles. The third-order valence-corrected chi connectivity index (χ3v) is 5.78. The van der Waals surface area contributed by atoms with Gasteiger partial charge in [-0.15, -0.1) is 21.5 Å². The number of carbonyl (C=O) groups excluding carboxylic acids is 1. The van der Waals surface area contributed by atoms with Gasteiger partial charge in [-0.3, -0.25) is 4.79 Å². The lowest BCUT2D eigenvalue weighted by Gasteiger charge is -2.27. The van der Waals surface area contributed by atoms with Crippen LogP contribution in [0.1, 0.15) is 16.2 Å².